The first-order chi connectivity index (χ1) is 8.13. The van der Waals surface area contributed by atoms with Crippen molar-refractivity contribution in [3.05, 3.63) is 0 Å². The lowest BCUT2D eigenvalue weighted by molar-refractivity contribution is -0.143. The van der Waals surface area contributed by atoms with E-state index in [9.17, 15) is 9.59 Å². The summed E-state index contributed by atoms with van der Waals surface area (Å²) < 4.78 is 5.53. The van der Waals surface area contributed by atoms with Gasteiger partial charge < -0.3 is 14.7 Å². The van der Waals surface area contributed by atoms with Gasteiger partial charge in [-0.15, -0.1) is 0 Å². The lowest BCUT2D eigenvalue weighted by Crippen LogP contribution is -2.44. The van der Waals surface area contributed by atoms with Gasteiger partial charge in [0.15, 0.2) is 0 Å². The number of aliphatic carboxylic acids is 1. The standard InChI is InChI=1S/C12H19NO4/c1-2-17-8-4-3-5-13(7-8)11(14)9-6-10(9)12(15)16/h8-10H,2-7H2,1H3,(H,15,16). The van der Waals surface area contributed by atoms with Gasteiger partial charge in [0.2, 0.25) is 5.91 Å². The van der Waals surface area contributed by atoms with E-state index >= 15 is 0 Å². The zero-order valence-electron chi connectivity index (χ0n) is 10.1. The summed E-state index contributed by atoms with van der Waals surface area (Å²) >= 11 is 0. The predicted octanol–water partition coefficient (Wildman–Crippen LogP) is 0.735. The molecule has 0 aromatic carbocycles. The maximum atomic E-state index is 12.0. The zero-order valence-corrected chi connectivity index (χ0v) is 10.1. The molecule has 5 nitrogen and oxygen atoms in total. The quantitative estimate of drug-likeness (QED) is 0.788. The van der Waals surface area contributed by atoms with Crippen LogP contribution in [0.25, 0.3) is 0 Å². The summed E-state index contributed by atoms with van der Waals surface area (Å²) in [5, 5.41) is 8.81. The Bertz CT molecular complexity index is 316. The second kappa shape index (κ2) is 5.04. The first-order valence-corrected chi connectivity index (χ1v) is 6.26. The van der Waals surface area contributed by atoms with E-state index in [1.54, 1.807) is 4.90 Å². The summed E-state index contributed by atoms with van der Waals surface area (Å²) in [4.78, 5) is 24.5. The molecule has 1 amide bonds. The van der Waals surface area contributed by atoms with Crippen LogP contribution in [0.3, 0.4) is 0 Å². The van der Waals surface area contributed by atoms with Crippen molar-refractivity contribution >= 4 is 11.9 Å². The van der Waals surface area contributed by atoms with Gasteiger partial charge in [0, 0.05) is 19.7 Å². The van der Waals surface area contributed by atoms with E-state index < -0.39 is 11.9 Å². The number of hydrogen-bond acceptors (Lipinski definition) is 3. The molecule has 0 spiro atoms. The molecular formula is C12H19NO4. The van der Waals surface area contributed by atoms with Crippen molar-refractivity contribution in [1.29, 1.82) is 0 Å². The zero-order chi connectivity index (χ0) is 12.4. The Balaban J connectivity index is 1.85. The third kappa shape index (κ3) is 2.77. The molecule has 2 rings (SSSR count). The summed E-state index contributed by atoms with van der Waals surface area (Å²) in [6.45, 7) is 3.97. The average molecular weight is 241 g/mol. The van der Waals surface area contributed by atoms with Crippen LogP contribution in [0.2, 0.25) is 0 Å². The monoisotopic (exact) mass is 241 g/mol. The Morgan fingerprint density at radius 3 is 2.76 bits per heavy atom. The number of carboxylic acids is 1. The molecule has 1 aliphatic carbocycles. The van der Waals surface area contributed by atoms with Crippen molar-refractivity contribution in [3.63, 3.8) is 0 Å². The Kier molecular flexibility index (Phi) is 3.66. The number of hydrogen-bond donors (Lipinski definition) is 1. The highest BCUT2D eigenvalue weighted by Gasteiger charge is 2.50. The highest BCUT2D eigenvalue weighted by atomic mass is 16.5. The number of rotatable bonds is 4. The summed E-state index contributed by atoms with van der Waals surface area (Å²) in [6.07, 6.45) is 2.56. The van der Waals surface area contributed by atoms with Crippen molar-refractivity contribution in [3.8, 4) is 0 Å². The lowest BCUT2D eigenvalue weighted by Gasteiger charge is -2.32. The molecule has 0 bridgehead atoms. The number of carbonyl (C=O) groups is 2. The fourth-order valence-electron chi connectivity index (χ4n) is 2.49. The van der Waals surface area contributed by atoms with Crippen LogP contribution < -0.4 is 0 Å². The number of likely N-dealkylation sites (tertiary alicyclic amines) is 1. The van der Waals surface area contributed by atoms with Crippen LogP contribution in [-0.4, -0.2) is 47.7 Å². The number of carboxylic acid groups (broad SMARTS) is 1. The van der Waals surface area contributed by atoms with Gasteiger partial charge in [-0.25, -0.2) is 0 Å². The van der Waals surface area contributed by atoms with Crippen LogP contribution in [0.1, 0.15) is 26.2 Å². The van der Waals surface area contributed by atoms with E-state index in [1.807, 2.05) is 6.92 Å². The van der Waals surface area contributed by atoms with Crippen molar-refractivity contribution in [2.45, 2.75) is 32.3 Å². The maximum Gasteiger partial charge on any atom is 0.307 e. The minimum atomic E-state index is -0.846. The van der Waals surface area contributed by atoms with E-state index in [1.165, 1.54) is 0 Å². The Labute approximate surface area is 101 Å². The number of nitrogens with zero attached hydrogens (tertiary/aromatic N) is 1. The summed E-state index contributed by atoms with van der Waals surface area (Å²) in [5.74, 6) is -1.58. The smallest absolute Gasteiger partial charge is 0.307 e. The molecule has 17 heavy (non-hydrogen) atoms. The molecule has 0 aromatic rings. The largest absolute Gasteiger partial charge is 0.481 e. The minimum absolute atomic E-state index is 0.00167. The van der Waals surface area contributed by atoms with Crippen LogP contribution in [0.5, 0.6) is 0 Å². The Morgan fingerprint density at radius 2 is 2.18 bits per heavy atom. The van der Waals surface area contributed by atoms with Crippen LogP contribution in [0, 0.1) is 11.8 Å². The molecular weight excluding hydrogens is 222 g/mol. The molecule has 0 aromatic heterocycles. The highest BCUT2D eigenvalue weighted by Crippen LogP contribution is 2.40. The Morgan fingerprint density at radius 1 is 1.41 bits per heavy atom. The van der Waals surface area contributed by atoms with E-state index in [0.29, 0.717) is 19.6 Å². The number of amides is 1. The predicted molar refractivity (Wildman–Crippen MR) is 60.5 cm³/mol. The Hall–Kier alpha value is -1.10. The lowest BCUT2D eigenvalue weighted by atomic mass is 10.1. The average Bonchev–Trinajstić information content (AvgIpc) is 3.09. The molecule has 5 heteroatoms. The van der Waals surface area contributed by atoms with Gasteiger partial charge in [-0.3, -0.25) is 9.59 Å². The SMILES string of the molecule is CCOC1CCCN(C(=O)C2CC2C(=O)O)C1. The molecule has 1 heterocycles. The number of ether oxygens (including phenoxy) is 1. The number of carbonyl (C=O) groups excluding carboxylic acids is 1. The molecule has 1 aliphatic heterocycles. The van der Waals surface area contributed by atoms with Crippen molar-refractivity contribution in [2.24, 2.45) is 11.8 Å². The molecule has 1 saturated carbocycles. The van der Waals surface area contributed by atoms with Gasteiger partial charge >= 0.3 is 5.97 Å². The minimum Gasteiger partial charge on any atom is -0.481 e. The van der Waals surface area contributed by atoms with Gasteiger partial charge in [-0.1, -0.05) is 0 Å². The summed E-state index contributed by atoms with van der Waals surface area (Å²) in [6, 6.07) is 0. The van der Waals surface area contributed by atoms with E-state index in [-0.39, 0.29) is 17.9 Å². The van der Waals surface area contributed by atoms with Gasteiger partial charge in [0.1, 0.15) is 0 Å². The van der Waals surface area contributed by atoms with E-state index in [0.717, 1.165) is 19.4 Å². The van der Waals surface area contributed by atoms with Gasteiger partial charge in [-0.05, 0) is 26.2 Å². The molecule has 0 radical (unpaired) electrons. The molecule has 1 N–H and O–H groups in total. The molecule has 1 saturated heterocycles. The normalized spacial score (nSPS) is 32.3. The molecule has 2 fully saturated rings. The van der Waals surface area contributed by atoms with Crippen molar-refractivity contribution in [2.75, 3.05) is 19.7 Å². The summed E-state index contributed by atoms with van der Waals surface area (Å²) in [7, 11) is 0. The van der Waals surface area contributed by atoms with Gasteiger partial charge in [0.25, 0.3) is 0 Å². The fourth-order valence-corrected chi connectivity index (χ4v) is 2.49. The third-order valence-corrected chi connectivity index (χ3v) is 3.52. The van der Waals surface area contributed by atoms with Crippen LogP contribution in [0.15, 0.2) is 0 Å². The first kappa shape index (κ1) is 12.4. The van der Waals surface area contributed by atoms with Crippen LogP contribution >= 0.6 is 0 Å². The van der Waals surface area contributed by atoms with Gasteiger partial charge in [-0.2, -0.15) is 0 Å². The van der Waals surface area contributed by atoms with Gasteiger partial charge in [0.05, 0.1) is 17.9 Å². The maximum absolute atomic E-state index is 12.0. The topological polar surface area (TPSA) is 66.8 Å². The molecule has 3 atom stereocenters. The molecule has 2 aliphatic rings. The second-order valence-electron chi connectivity index (χ2n) is 4.79. The fraction of sp³-hybridized carbons (Fsp3) is 0.833. The van der Waals surface area contributed by atoms with E-state index in [4.69, 9.17) is 9.84 Å². The molecule has 96 valence electrons. The molecule has 3 unspecified atom stereocenters. The van der Waals surface area contributed by atoms with Crippen LogP contribution in [-0.2, 0) is 14.3 Å². The van der Waals surface area contributed by atoms with Crippen molar-refractivity contribution in [1.82, 2.24) is 4.90 Å². The summed E-state index contributed by atoms with van der Waals surface area (Å²) in [5.41, 5.74) is 0. The highest BCUT2D eigenvalue weighted by molar-refractivity contribution is 5.89. The van der Waals surface area contributed by atoms with E-state index in [2.05, 4.69) is 0 Å². The van der Waals surface area contributed by atoms with Crippen LogP contribution in [0.4, 0.5) is 0 Å². The number of piperidine rings is 1. The third-order valence-electron chi connectivity index (χ3n) is 3.52. The first-order valence-electron chi connectivity index (χ1n) is 6.26. The van der Waals surface area contributed by atoms with Crippen molar-refractivity contribution < 1.29 is 19.4 Å². The second-order valence-corrected chi connectivity index (χ2v) is 4.79.